The minimum absolute atomic E-state index is 0. The van der Waals surface area contributed by atoms with E-state index in [1.807, 2.05) is 18.2 Å². The SMILES string of the molecule is O=C([O-])CC(O)(CC(=O)[O-])C(=O)[O-].O=C([O-])CC(O)(CC(=O)[O-])C(=O)[O-].O=C([O-])CC(O)(CC(=O)[O-])C(=O)[O-].O=C([O-])CC(O)(CC(=O)[O-])C(=O)[O-].O=C([O-])O.O=[C-]c1ccccc1.O=[C-]c1ccccc1.O=[C-]c1ccccc1.OO.OO.OO.OO.[Fe+3].[Fe+3].[Fe+3].[H+].[H+].[H+].[NH4+].[NH4+].[NH4+].[Na+]. The minimum atomic E-state index is -2.97. The van der Waals surface area contributed by atoms with Crippen LogP contribution in [-0.4, -0.2) is 187 Å². The fraction of sp³-hybridized carbons (Fsp3) is 0.261. The number of rotatable bonds is 23. The van der Waals surface area contributed by atoms with E-state index in [-0.39, 0.29) is 103 Å². The molecule has 49 heteroatoms. The van der Waals surface area contributed by atoms with E-state index in [4.69, 9.17) is 77.5 Å². The third-order valence-corrected chi connectivity index (χ3v) is 7.69. The normalized spacial score (nSPS) is 8.59. The van der Waals surface area contributed by atoms with Gasteiger partial charge in [0.2, 0.25) is 6.16 Å². The fourth-order valence-electron chi connectivity index (χ4n) is 4.26. The van der Waals surface area contributed by atoms with Crippen LogP contribution in [0.25, 0.3) is 0 Å². The van der Waals surface area contributed by atoms with Crippen molar-refractivity contribution in [2.75, 3.05) is 0 Å². The summed E-state index contributed by atoms with van der Waals surface area (Å²) in [5.74, 6) is -23.9. The van der Waals surface area contributed by atoms with Crippen LogP contribution in [0, 0.1) is 0 Å². The molecule has 3 radical (unpaired) electrons. The molecular formula is C46H59Fe3N3NaO42. The van der Waals surface area contributed by atoms with Crippen molar-refractivity contribution in [3.63, 3.8) is 0 Å². The monoisotopic (exact) mass is 1520 g/mol. The zero-order valence-electron chi connectivity index (χ0n) is 51.5. The zero-order valence-corrected chi connectivity index (χ0v) is 53.8. The Morgan fingerprint density at radius 1 is 0.295 bits per heavy atom. The van der Waals surface area contributed by atoms with Crippen LogP contribution in [-0.2, 0) is 123 Å². The summed E-state index contributed by atoms with van der Waals surface area (Å²) in [6.45, 7) is 0. The maximum Gasteiger partial charge on any atom is 3.00 e. The number of quaternary nitrogens is 3. The van der Waals surface area contributed by atoms with Crippen molar-refractivity contribution >= 4 is 96.6 Å². The number of carboxylic acids is 12. The summed E-state index contributed by atoms with van der Waals surface area (Å²) < 4.78 is 0. The van der Waals surface area contributed by atoms with E-state index < -0.39 is 152 Å². The van der Waals surface area contributed by atoms with Gasteiger partial charge in [-0.1, -0.05) is 18.2 Å². The van der Waals surface area contributed by atoms with Crippen LogP contribution in [0.1, 0.15) is 72.3 Å². The van der Waals surface area contributed by atoms with Crippen LogP contribution in [0.4, 0.5) is 4.79 Å². The predicted octanol–water partition coefficient (Wildman–Crippen LogP) is -20.2. The molecule has 0 saturated heterocycles. The van der Waals surface area contributed by atoms with Gasteiger partial charge in [-0.3, -0.25) is 42.1 Å². The first kappa shape index (κ1) is 127. The first-order chi connectivity index (χ1) is 40.6. The third-order valence-electron chi connectivity index (χ3n) is 7.69. The first-order valence-electron chi connectivity index (χ1n) is 21.0. The zero-order chi connectivity index (χ0) is 71.6. The van der Waals surface area contributed by atoms with Crippen molar-refractivity contribution in [3.8, 4) is 0 Å². The molecule has 0 amide bonds. The molecule has 0 aliphatic rings. The summed E-state index contributed by atoms with van der Waals surface area (Å²) >= 11 is 0. The van der Waals surface area contributed by atoms with E-state index in [2.05, 4.69) is 0 Å². The number of carbonyl (C=O) groups is 13. The molecule has 95 heavy (non-hydrogen) atoms. The number of carbonyl (C=O) groups excluding carboxylic acids is 15. The van der Waals surface area contributed by atoms with Crippen LogP contribution in [0.2, 0.25) is 0 Å². The van der Waals surface area contributed by atoms with Gasteiger partial charge < -0.3 is 187 Å². The van der Waals surface area contributed by atoms with Crippen molar-refractivity contribution in [2.45, 2.75) is 73.8 Å². The van der Waals surface area contributed by atoms with E-state index in [1.54, 1.807) is 91.7 Å². The molecule has 3 aromatic rings. The Morgan fingerprint density at radius 3 is 0.442 bits per heavy atom. The quantitative estimate of drug-likeness (QED) is 0.0181. The van der Waals surface area contributed by atoms with Crippen molar-refractivity contribution in [1.82, 2.24) is 18.5 Å². The average molecular weight is 1520 g/mol. The van der Waals surface area contributed by atoms with Crippen LogP contribution in [0.5, 0.6) is 0 Å². The maximum atomic E-state index is 10.1. The molecule has 0 aliphatic heterocycles. The van der Waals surface area contributed by atoms with Gasteiger partial charge in [-0.25, -0.2) is 0 Å². The number of aliphatic carboxylic acids is 12. The van der Waals surface area contributed by atoms with E-state index in [9.17, 15) is 133 Å². The van der Waals surface area contributed by atoms with Gasteiger partial charge in [0.1, 0.15) is 22.4 Å². The Morgan fingerprint density at radius 2 is 0.389 bits per heavy atom. The van der Waals surface area contributed by atoms with Crippen LogP contribution in [0.15, 0.2) is 91.0 Å². The molecule has 25 N–H and O–H groups in total. The first-order valence-corrected chi connectivity index (χ1v) is 21.0. The Bertz CT molecular complexity index is 2230. The summed E-state index contributed by atoms with van der Waals surface area (Å²) in [5.41, 5.74) is -10.1. The third kappa shape index (κ3) is 81.6. The van der Waals surface area contributed by atoms with Gasteiger partial charge in [0, 0.05) is 99.1 Å². The van der Waals surface area contributed by atoms with Crippen molar-refractivity contribution in [2.24, 2.45) is 0 Å². The van der Waals surface area contributed by atoms with E-state index in [1.165, 1.54) is 0 Å². The average Bonchev–Trinajstić information content (AvgIpc) is 0.906. The van der Waals surface area contributed by atoms with E-state index in [0.717, 1.165) is 0 Å². The number of aliphatic hydroxyl groups is 4. The van der Waals surface area contributed by atoms with Gasteiger partial charge in [-0.15, -0.1) is 36.4 Å². The summed E-state index contributed by atoms with van der Waals surface area (Å²) in [4.78, 5) is 158. The molecule has 0 spiro atoms. The molecule has 0 unspecified atom stereocenters. The standard InChI is InChI=1S/3C7H5O.4C6H8O7.CH2O3.3Fe.3H3N.Na.4H2O2/c3*8-6-7-4-2-1-3-5-7;4*7-3(8)1-6(13,5(11)12)2-4(9)10;2-1(3)4;;;;;;;;4*1-2/h3*1-5H;4*13H,1-2H2,(H,7,8)(H,9,10)(H,11,12);(H2,2,3,4);;;;3*1H3;;4*1-2H/q3*-1;;;;;;3*+3;;;;+1;;;;/p-7. The summed E-state index contributed by atoms with van der Waals surface area (Å²) in [7, 11) is 0. The van der Waals surface area contributed by atoms with Gasteiger partial charge in [0.05, 0.1) is 42.7 Å². The molecule has 0 atom stereocenters. The summed E-state index contributed by atoms with van der Waals surface area (Å²) in [6, 6.07) is 26.7. The van der Waals surface area contributed by atoms with Crippen molar-refractivity contribution in [3.05, 3.63) is 108 Å². The molecule has 0 bridgehead atoms. The van der Waals surface area contributed by atoms with E-state index >= 15 is 0 Å². The summed E-state index contributed by atoms with van der Waals surface area (Å²) in [5, 5.41) is 219. The molecule has 0 aromatic heterocycles. The van der Waals surface area contributed by atoms with Crippen LogP contribution in [0.3, 0.4) is 0 Å². The number of hydrogen-bond donors (Lipinski definition) is 16. The minimum Gasteiger partial charge on any atom is -0.565 e. The second kappa shape index (κ2) is 76.3. The number of benzene rings is 3. The Labute approximate surface area is 589 Å². The second-order valence-corrected chi connectivity index (χ2v) is 14.3. The van der Waals surface area contributed by atoms with Gasteiger partial charge >= 0.3 is 85.0 Å². The Balaban J connectivity index is -0.0000000421. The fourth-order valence-corrected chi connectivity index (χ4v) is 4.26. The second-order valence-electron chi connectivity index (χ2n) is 14.3. The molecule has 535 valence electrons. The Hall–Kier alpha value is -8.46. The van der Waals surface area contributed by atoms with Crippen LogP contribution < -0.4 is 114 Å². The van der Waals surface area contributed by atoms with Gasteiger partial charge in [-0.05, 0) is 0 Å². The largest absolute Gasteiger partial charge is 3.00 e. The van der Waals surface area contributed by atoms with Crippen LogP contribution >= 0.6 is 0 Å². The molecule has 0 fully saturated rings. The van der Waals surface area contributed by atoms with Gasteiger partial charge in [-0.2, -0.15) is 53.1 Å². The molecule has 0 saturated carbocycles. The molecule has 0 aliphatic carbocycles. The maximum absolute atomic E-state index is 10.1. The van der Waals surface area contributed by atoms with Crippen molar-refractivity contribution < 1.29 is 296 Å². The molecular weight excluding hydrogens is 1460 g/mol. The van der Waals surface area contributed by atoms with Crippen molar-refractivity contribution in [1.29, 1.82) is 0 Å². The summed E-state index contributed by atoms with van der Waals surface area (Å²) in [6.07, 6.45) is -7.62. The smallest absolute Gasteiger partial charge is 0.565 e. The predicted molar refractivity (Wildman–Crippen MR) is 261 cm³/mol. The Kier molecular flexibility index (Phi) is 102. The molecule has 0 heterocycles. The van der Waals surface area contributed by atoms with Gasteiger partial charge in [0.25, 0.3) is 0 Å². The topological polar surface area (TPSA) is 945 Å². The number of carboxylic acid groups (broad SMARTS) is 14. The van der Waals surface area contributed by atoms with E-state index in [0.29, 0.717) is 16.7 Å². The molecule has 3 rings (SSSR count). The van der Waals surface area contributed by atoms with Gasteiger partial charge in [0.15, 0.2) is 0 Å². The number of hydrogen-bond acceptors (Lipinski definition) is 41. The molecule has 3 aromatic carbocycles. The molecule has 45 nitrogen and oxygen atoms in total.